The van der Waals surface area contributed by atoms with E-state index in [0.29, 0.717) is 5.92 Å². The van der Waals surface area contributed by atoms with Crippen LogP contribution in [0.25, 0.3) is 0 Å². The van der Waals surface area contributed by atoms with E-state index in [9.17, 15) is 0 Å². The molecule has 0 aromatic carbocycles. The van der Waals surface area contributed by atoms with Gasteiger partial charge in [0.1, 0.15) is 0 Å². The molecule has 0 amide bonds. The highest BCUT2D eigenvalue weighted by Gasteiger charge is 2.26. The molecule has 0 aromatic rings. The SMILES string of the molecule is [CH2]C1(CC)C=CC(C)=CC1C. The molecule has 0 bridgehead atoms. The predicted molar refractivity (Wildman–Crippen MR) is 50.1 cm³/mol. The topological polar surface area (TPSA) is 0 Å². The molecule has 0 nitrogen and oxygen atoms in total. The van der Waals surface area contributed by atoms with Crippen LogP contribution in [0.2, 0.25) is 0 Å². The van der Waals surface area contributed by atoms with Gasteiger partial charge in [0.05, 0.1) is 0 Å². The Kier molecular flexibility index (Phi) is 2.22. The zero-order chi connectivity index (χ0) is 8.48. The van der Waals surface area contributed by atoms with Crippen LogP contribution in [0.5, 0.6) is 0 Å². The van der Waals surface area contributed by atoms with Crippen LogP contribution in [0.1, 0.15) is 27.2 Å². The average molecular weight is 149 g/mol. The van der Waals surface area contributed by atoms with Crippen molar-refractivity contribution in [2.75, 3.05) is 0 Å². The third-order valence-corrected chi connectivity index (χ3v) is 2.76. The first-order chi connectivity index (χ1) is 5.08. The summed E-state index contributed by atoms with van der Waals surface area (Å²) < 4.78 is 0. The van der Waals surface area contributed by atoms with E-state index in [0.717, 1.165) is 6.42 Å². The Morgan fingerprint density at radius 3 is 2.73 bits per heavy atom. The molecule has 2 atom stereocenters. The lowest BCUT2D eigenvalue weighted by molar-refractivity contribution is 0.358. The van der Waals surface area contributed by atoms with Crippen LogP contribution in [-0.2, 0) is 0 Å². The molecule has 1 aliphatic carbocycles. The highest BCUT2D eigenvalue weighted by atomic mass is 14.3. The molecular formula is C11H17. The monoisotopic (exact) mass is 149 g/mol. The second-order valence-corrected chi connectivity index (χ2v) is 3.62. The molecule has 1 radical (unpaired) electrons. The molecule has 1 rings (SSSR count). The van der Waals surface area contributed by atoms with Crippen LogP contribution < -0.4 is 0 Å². The number of hydrogen-bond donors (Lipinski definition) is 0. The molecule has 0 aromatic heterocycles. The summed E-state index contributed by atoms with van der Waals surface area (Å²) >= 11 is 0. The third kappa shape index (κ3) is 1.55. The van der Waals surface area contributed by atoms with Crippen molar-refractivity contribution in [2.45, 2.75) is 27.2 Å². The van der Waals surface area contributed by atoms with E-state index in [-0.39, 0.29) is 5.41 Å². The summed E-state index contributed by atoms with van der Waals surface area (Å²) in [5.41, 5.74) is 1.52. The summed E-state index contributed by atoms with van der Waals surface area (Å²) in [5, 5.41) is 0. The van der Waals surface area contributed by atoms with Gasteiger partial charge in [-0.15, -0.1) is 0 Å². The minimum Gasteiger partial charge on any atom is -0.0779 e. The lowest BCUT2D eigenvalue weighted by Crippen LogP contribution is -2.23. The minimum absolute atomic E-state index is 0.152. The Morgan fingerprint density at radius 2 is 2.27 bits per heavy atom. The van der Waals surface area contributed by atoms with E-state index in [4.69, 9.17) is 0 Å². The van der Waals surface area contributed by atoms with Gasteiger partial charge in [-0.05, 0) is 31.6 Å². The van der Waals surface area contributed by atoms with Gasteiger partial charge in [-0.2, -0.15) is 0 Å². The normalized spacial score (nSPS) is 37.1. The summed E-state index contributed by atoms with van der Waals surface area (Å²) in [7, 11) is 0. The minimum atomic E-state index is 0.152. The van der Waals surface area contributed by atoms with Crippen molar-refractivity contribution in [3.05, 3.63) is 30.7 Å². The van der Waals surface area contributed by atoms with Gasteiger partial charge in [0.2, 0.25) is 0 Å². The number of allylic oxidation sites excluding steroid dienone is 4. The molecule has 0 fully saturated rings. The van der Waals surface area contributed by atoms with Crippen molar-refractivity contribution < 1.29 is 0 Å². The van der Waals surface area contributed by atoms with Gasteiger partial charge in [-0.25, -0.2) is 0 Å². The van der Waals surface area contributed by atoms with E-state index in [1.165, 1.54) is 5.57 Å². The fourth-order valence-electron chi connectivity index (χ4n) is 1.50. The van der Waals surface area contributed by atoms with Gasteiger partial charge in [0.25, 0.3) is 0 Å². The van der Waals surface area contributed by atoms with E-state index in [1.807, 2.05) is 0 Å². The molecule has 0 saturated heterocycles. The molecule has 0 heterocycles. The summed E-state index contributed by atoms with van der Waals surface area (Å²) in [6.45, 7) is 10.8. The lowest BCUT2D eigenvalue weighted by atomic mass is 9.72. The molecule has 0 aliphatic heterocycles. The van der Waals surface area contributed by atoms with Crippen molar-refractivity contribution in [3.63, 3.8) is 0 Å². The Hall–Kier alpha value is -0.520. The van der Waals surface area contributed by atoms with E-state index in [1.54, 1.807) is 0 Å². The molecule has 61 valence electrons. The van der Waals surface area contributed by atoms with E-state index < -0.39 is 0 Å². The summed E-state index contributed by atoms with van der Waals surface area (Å²) in [5.74, 6) is 0.581. The largest absolute Gasteiger partial charge is 0.0779 e. The van der Waals surface area contributed by atoms with Gasteiger partial charge in [-0.3, -0.25) is 0 Å². The molecule has 1 aliphatic rings. The molecule has 0 heteroatoms. The van der Waals surface area contributed by atoms with Gasteiger partial charge < -0.3 is 0 Å². The van der Waals surface area contributed by atoms with Crippen LogP contribution >= 0.6 is 0 Å². The quantitative estimate of drug-likeness (QED) is 0.536. The van der Waals surface area contributed by atoms with Crippen molar-refractivity contribution >= 4 is 0 Å². The highest BCUT2D eigenvalue weighted by molar-refractivity contribution is 5.27. The van der Waals surface area contributed by atoms with Crippen LogP contribution in [0.4, 0.5) is 0 Å². The Balaban J connectivity index is 2.84. The number of rotatable bonds is 1. The lowest BCUT2D eigenvalue weighted by Gasteiger charge is -2.32. The van der Waals surface area contributed by atoms with Gasteiger partial charge >= 0.3 is 0 Å². The van der Waals surface area contributed by atoms with Crippen LogP contribution in [0, 0.1) is 18.3 Å². The molecular weight excluding hydrogens is 132 g/mol. The van der Waals surface area contributed by atoms with Crippen molar-refractivity contribution in [3.8, 4) is 0 Å². The smallest absolute Gasteiger partial charge is 0.00570 e. The maximum absolute atomic E-state index is 4.23. The fraction of sp³-hybridized carbons (Fsp3) is 0.545. The highest BCUT2D eigenvalue weighted by Crippen LogP contribution is 2.36. The zero-order valence-corrected chi connectivity index (χ0v) is 7.72. The first-order valence-electron chi connectivity index (χ1n) is 4.31. The molecule has 11 heavy (non-hydrogen) atoms. The third-order valence-electron chi connectivity index (χ3n) is 2.76. The Labute approximate surface area is 70.0 Å². The second kappa shape index (κ2) is 2.84. The van der Waals surface area contributed by atoms with Gasteiger partial charge in [0.15, 0.2) is 0 Å². The van der Waals surface area contributed by atoms with Crippen molar-refractivity contribution in [1.29, 1.82) is 0 Å². The Bertz CT molecular complexity index is 198. The van der Waals surface area contributed by atoms with Crippen molar-refractivity contribution in [2.24, 2.45) is 11.3 Å². The van der Waals surface area contributed by atoms with Crippen LogP contribution in [0.3, 0.4) is 0 Å². The zero-order valence-electron chi connectivity index (χ0n) is 7.72. The van der Waals surface area contributed by atoms with Crippen molar-refractivity contribution in [1.82, 2.24) is 0 Å². The number of hydrogen-bond acceptors (Lipinski definition) is 0. The molecule has 0 spiro atoms. The van der Waals surface area contributed by atoms with Crippen LogP contribution in [0.15, 0.2) is 23.8 Å². The second-order valence-electron chi connectivity index (χ2n) is 3.62. The first kappa shape index (κ1) is 8.58. The van der Waals surface area contributed by atoms with Gasteiger partial charge in [0, 0.05) is 0 Å². The first-order valence-corrected chi connectivity index (χ1v) is 4.31. The maximum atomic E-state index is 4.23. The molecule has 0 saturated carbocycles. The molecule has 0 N–H and O–H groups in total. The average Bonchev–Trinajstić information content (AvgIpc) is 1.98. The molecule has 2 unspecified atom stereocenters. The summed E-state index contributed by atoms with van der Waals surface area (Å²) in [4.78, 5) is 0. The predicted octanol–water partition coefficient (Wildman–Crippen LogP) is 3.37. The standard InChI is InChI=1S/C11H17/c1-5-11(4)7-6-9(2)8-10(11)3/h6-8,10H,4-5H2,1-3H3. The summed E-state index contributed by atoms with van der Waals surface area (Å²) in [6.07, 6.45) is 7.84. The van der Waals surface area contributed by atoms with E-state index in [2.05, 4.69) is 45.9 Å². The Morgan fingerprint density at radius 1 is 1.64 bits per heavy atom. The van der Waals surface area contributed by atoms with Crippen LogP contribution in [-0.4, -0.2) is 0 Å². The summed E-state index contributed by atoms with van der Waals surface area (Å²) in [6, 6.07) is 0. The van der Waals surface area contributed by atoms with Gasteiger partial charge in [-0.1, -0.05) is 37.6 Å². The fourth-order valence-corrected chi connectivity index (χ4v) is 1.50. The van der Waals surface area contributed by atoms with E-state index >= 15 is 0 Å². The maximum Gasteiger partial charge on any atom is -0.00570 e.